The molecule has 0 radical (unpaired) electrons. The van der Waals surface area contributed by atoms with Crippen molar-refractivity contribution in [2.24, 2.45) is 0 Å². The molecule has 0 atom stereocenters. The maximum atomic E-state index is 12.6. The molecule has 0 spiro atoms. The standard InChI is InChI=1S/C12H21N3O3S/c1-2-15(11-6-4-3-5-7-11)19(17,18)12-10(9-16)8-13-14-12/h8,11,16H,2-7,9H2,1H3,(H,13,14). The molecule has 0 saturated heterocycles. The fraction of sp³-hybridized carbons (Fsp3) is 0.750. The van der Waals surface area contributed by atoms with Gasteiger partial charge in [0.05, 0.1) is 12.8 Å². The van der Waals surface area contributed by atoms with Crippen LogP contribution in [0.4, 0.5) is 0 Å². The van der Waals surface area contributed by atoms with E-state index in [-0.39, 0.29) is 17.7 Å². The van der Waals surface area contributed by atoms with Gasteiger partial charge in [-0.15, -0.1) is 0 Å². The van der Waals surface area contributed by atoms with E-state index >= 15 is 0 Å². The summed E-state index contributed by atoms with van der Waals surface area (Å²) < 4.78 is 26.8. The van der Waals surface area contributed by atoms with Crippen molar-refractivity contribution in [2.45, 2.75) is 56.7 Å². The molecule has 108 valence electrons. The number of nitrogens with one attached hydrogen (secondary N) is 1. The molecule has 1 heterocycles. The van der Waals surface area contributed by atoms with Crippen LogP contribution < -0.4 is 0 Å². The maximum Gasteiger partial charge on any atom is 0.260 e. The highest BCUT2D eigenvalue weighted by molar-refractivity contribution is 7.89. The van der Waals surface area contributed by atoms with Gasteiger partial charge in [0.25, 0.3) is 10.0 Å². The number of aromatic amines is 1. The van der Waals surface area contributed by atoms with Crippen molar-refractivity contribution in [2.75, 3.05) is 6.54 Å². The predicted octanol–water partition coefficient (Wildman–Crippen LogP) is 1.25. The van der Waals surface area contributed by atoms with E-state index in [4.69, 9.17) is 0 Å². The highest BCUT2D eigenvalue weighted by Gasteiger charge is 2.33. The number of sulfonamides is 1. The average Bonchev–Trinajstić information content (AvgIpc) is 2.89. The van der Waals surface area contributed by atoms with E-state index in [1.54, 1.807) is 4.31 Å². The number of H-pyrrole nitrogens is 1. The number of aromatic nitrogens is 2. The Hall–Kier alpha value is -0.920. The highest BCUT2D eigenvalue weighted by atomic mass is 32.2. The van der Waals surface area contributed by atoms with Crippen LogP contribution in [0, 0.1) is 0 Å². The van der Waals surface area contributed by atoms with Crippen molar-refractivity contribution in [3.8, 4) is 0 Å². The molecule has 1 aromatic heterocycles. The van der Waals surface area contributed by atoms with Gasteiger partial charge in [0.15, 0.2) is 5.03 Å². The average molecular weight is 287 g/mol. The van der Waals surface area contributed by atoms with Gasteiger partial charge in [-0.1, -0.05) is 26.2 Å². The van der Waals surface area contributed by atoms with Crippen molar-refractivity contribution in [1.29, 1.82) is 0 Å². The maximum absolute atomic E-state index is 12.6. The van der Waals surface area contributed by atoms with E-state index in [1.807, 2.05) is 6.92 Å². The van der Waals surface area contributed by atoms with E-state index < -0.39 is 10.0 Å². The van der Waals surface area contributed by atoms with Crippen LogP contribution in [0.15, 0.2) is 11.2 Å². The van der Waals surface area contributed by atoms with Gasteiger partial charge in [0.2, 0.25) is 0 Å². The van der Waals surface area contributed by atoms with Gasteiger partial charge in [0.1, 0.15) is 0 Å². The van der Waals surface area contributed by atoms with E-state index in [9.17, 15) is 13.5 Å². The first-order chi connectivity index (χ1) is 9.11. The lowest BCUT2D eigenvalue weighted by molar-refractivity contribution is 0.257. The fourth-order valence-electron chi connectivity index (χ4n) is 2.75. The third-order valence-corrected chi connectivity index (χ3v) is 5.75. The minimum atomic E-state index is -3.59. The van der Waals surface area contributed by atoms with E-state index in [1.165, 1.54) is 12.6 Å². The van der Waals surface area contributed by atoms with Gasteiger partial charge in [-0.2, -0.15) is 9.40 Å². The number of hydrogen-bond acceptors (Lipinski definition) is 4. The molecule has 1 saturated carbocycles. The molecule has 1 aliphatic carbocycles. The highest BCUT2D eigenvalue weighted by Crippen LogP contribution is 2.27. The zero-order valence-corrected chi connectivity index (χ0v) is 12.0. The zero-order valence-electron chi connectivity index (χ0n) is 11.2. The normalized spacial score (nSPS) is 18.1. The quantitative estimate of drug-likeness (QED) is 0.853. The molecular weight excluding hydrogens is 266 g/mol. The number of aliphatic hydroxyl groups excluding tert-OH is 1. The van der Waals surface area contributed by atoms with Gasteiger partial charge < -0.3 is 5.11 Å². The van der Waals surface area contributed by atoms with Gasteiger partial charge in [-0.05, 0) is 12.8 Å². The van der Waals surface area contributed by atoms with E-state index in [2.05, 4.69) is 10.2 Å². The second-order valence-corrected chi connectivity index (χ2v) is 6.71. The lowest BCUT2D eigenvalue weighted by Crippen LogP contribution is -2.41. The fourth-order valence-corrected chi connectivity index (χ4v) is 4.54. The SMILES string of the molecule is CCN(C1CCCCC1)S(=O)(=O)c1[nH]ncc1CO. The van der Waals surface area contributed by atoms with Crippen LogP contribution in [0.5, 0.6) is 0 Å². The Morgan fingerprint density at radius 2 is 2.11 bits per heavy atom. The third kappa shape index (κ3) is 2.82. The smallest absolute Gasteiger partial charge is 0.260 e. The molecule has 6 nitrogen and oxygen atoms in total. The van der Waals surface area contributed by atoms with Crippen molar-refractivity contribution in [1.82, 2.24) is 14.5 Å². The summed E-state index contributed by atoms with van der Waals surface area (Å²) in [6, 6.07) is 0.0681. The van der Waals surface area contributed by atoms with Crippen LogP contribution in [0.25, 0.3) is 0 Å². The number of hydrogen-bond donors (Lipinski definition) is 2. The summed E-state index contributed by atoms with van der Waals surface area (Å²) >= 11 is 0. The summed E-state index contributed by atoms with van der Waals surface area (Å²) in [7, 11) is -3.59. The summed E-state index contributed by atoms with van der Waals surface area (Å²) in [5.74, 6) is 0. The Bertz CT molecular complexity index is 506. The Morgan fingerprint density at radius 3 is 2.68 bits per heavy atom. The summed E-state index contributed by atoms with van der Waals surface area (Å²) in [5, 5.41) is 15.5. The van der Waals surface area contributed by atoms with Crippen LogP contribution in [0.1, 0.15) is 44.6 Å². The topological polar surface area (TPSA) is 86.3 Å². The molecule has 2 rings (SSSR count). The summed E-state index contributed by atoms with van der Waals surface area (Å²) in [6.07, 6.45) is 6.52. The van der Waals surface area contributed by atoms with E-state index in [0.29, 0.717) is 12.1 Å². The molecule has 0 aliphatic heterocycles. The molecule has 19 heavy (non-hydrogen) atoms. The molecule has 1 fully saturated rings. The van der Waals surface area contributed by atoms with E-state index in [0.717, 1.165) is 25.7 Å². The minimum absolute atomic E-state index is 0.0300. The van der Waals surface area contributed by atoms with Crippen LogP contribution in [0.3, 0.4) is 0 Å². The second kappa shape index (κ2) is 6.02. The Kier molecular flexibility index (Phi) is 4.59. The molecular formula is C12H21N3O3S. The number of rotatable bonds is 5. The summed E-state index contributed by atoms with van der Waals surface area (Å²) in [5.41, 5.74) is 0.328. The molecule has 0 unspecified atom stereocenters. The predicted molar refractivity (Wildman–Crippen MR) is 70.9 cm³/mol. The third-order valence-electron chi connectivity index (χ3n) is 3.71. The van der Waals surface area contributed by atoms with Crippen molar-refractivity contribution < 1.29 is 13.5 Å². The largest absolute Gasteiger partial charge is 0.392 e. The Balaban J connectivity index is 2.30. The number of aliphatic hydroxyl groups is 1. The first-order valence-corrected chi connectivity index (χ1v) is 8.20. The molecule has 0 bridgehead atoms. The van der Waals surface area contributed by atoms with Crippen molar-refractivity contribution in [3.05, 3.63) is 11.8 Å². The summed E-state index contributed by atoms with van der Waals surface area (Å²) in [6.45, 7) is 1.96. The Labute approximate surface area is 113 Å². The second-order valence-electron chi connectivity index (χ2n) is 4.88. The van der Waals surface area contributed by atoms with Gasteiger partial charge >= 0.3 is 0 Å². The molecule has 0 amide bonds. The number of nitrogens with zero attached hydrogens (tertiary/aromatic N) is 2. The summed E-state index contributed by atoms with van der Waals surface area (Å²) in [4.78, 5) is 0. The lowest BCUT2D eigenvalue weighted by Gasteiger charge is -2.32. The van der Waals surface area contributed by atoms with Crippen molar-refractivity contribution >= 4 is 10.0 Å². The first kappa shape index (κ1) is 14.5. The van der Waals surface area contributed by atoms with Crippen LogP contribution in [-0.4, -0.2) is 40.6 Å². The van der Waals surface area contributed by atoms with Crippen LogP contribution in [-0.2, 0) is 16.6 Å². The Morgan fingerprint density at radius 1 is 1.42 bits per heavy atom. The first-order valence-electron chi connectivity index (χ1n) is 6.76. The van der Waals surface area contributed by atoms with Gasteiger partial charge in [-0.25, -0.2) is 8.42 Å². The van der Waals surface area contributed by atoms with Crippen molar-refractivity contribution in [3.63, 3.8) is 0 Å². The molecule has 1 aliphatic rings. The molecule has 1 aromatic rings. The van der Waals surface area contributed by atoms with Gasteiger partial charge in [-0.3, -0.25) is 5.10 Å². The molecule has 7 heteroatoms. The lowest BCUT2D eigenvalue weighted by atomic mass is 9.95. The minimum Gasteiger partial charge on any atom is -0.392 e. The van der Waals surface area contributed by atoms with Crippen LogP contribution >= 0.6 is 0 Å². The molecule has 2 N–H and O–H groups in total. The zero-order chi connectivity index (χ0) is 13.9. The van der Waals surface area contributed by atoms with Crippen LogP contribution in [0.2, 0.25) is 0 Å². The molecule has 0 aromatic carbocycles. The monoisotopic (exact) mass is 287 g/mol. The van der Waals surface area contributed by atoms with Gasteiger partial charge in [0, 0.05) is 18.2 Å².